The molecular formula is C8H8F4N2O2. The molecule has 0 spiro atoms. The first kappa shape index (κ1) is 12.3. The fourth-order valence-corrected chi connectivity index (χ4v) is 1.02. The van der Waals surface area contributed by atoms with Crippen LogP contribution in [0.15, 0.2) is 6.07 Å². The van der Waals surface area contributed by atoms with E-state index in [1.165, 1.54) is 7.11 Å². The number of methoxy groups -OCH3 is 1. The summed E-state index contributed by atoms with van der Waals surface area (Å²) in [6, 6.07) is 0.843. The van der Waals surface area contributed by atoms with Crippen LogP contribution in [0.3, 0.4) is 0 Å². The second-order valence-corrected chi connectivity index (χ2v) is 2.64. The minimum Gasteiger partial charge on any atom is -0.493 e. The lowest BCUT2D eigenvalue weighted by Gasteiger charge is -2.12. The number of aromatic nitrogens is 1. The van der Waals surface area contributed by atoms with E-state index < -0.39 is 24.5 Å². The maximum absolute atomic E-state index is 12.4. The van der Waals surface area contributed by atoms with Crippen molar-refractivity contribution in [1.82, 2.24) is 4.98 Å². The fraction of sp³-hybridized carbons (Fsp3) is 0.375. The standard InChI is InChI=1S/C8H8F4N2O2/c1-15-4-2-3(16-8(11)12)5(6(9)10)14-7(4)13/h2,6,8H,1H3,(H2,13,14). The number of alkyl halides is 4. The lowest BCUT2D eigenvalue weighted by atomic mass is 10.3. The van der Waals surface area contributed by atoms with Crippen molar-refractivity contribution in [3.8, 4) is 11.5 Å². The Morgan fingerprint density at radius 2 is 1.88 bits per heavy atom. The normalized spacial score (nSPS) is 10.9. The maximum atomic E-state index is 12.4. The van der Waals surface area contributed by atoms with Crippen LogP contribution in [0.1, 0.15) is 12.1 Å². The third-order valence-electron chi connectivity index (χ3n) is 1.65. The number of nitrogens with two attached hydrogens (primary N) is 1. The summed E-state index contributed by atoms with van der Waals surface area (Å²) < 4.78 is 57.2. The van der Waals surface area contributed by atoms with Crippen molar-refractivity contribution in [2.45, 2.75) is 13.0 Å². The molecule has 0 aliphatic heterocycles. The molecule has 0 radical (unpaired) electrons. The third kappa shape index (κ3) is 2.65. The van der Waals surface area contributed by atoms with Gasteiger partial charge in [-0.25, -0.2) is 13.8 Å². The first-order chi connectivity index (χ1) is 7.45. The minimum atomic E-state index is -3.23. The van der Waals surface area contributed by atoms with Gasteiger partial charge in [0.1, 0.15) is 0 Å². The number of halogens is 4. The van der Waals surface area contributed by atoms with E-state index >= 15 is 0 Å². The van der Waals surface area contributed by atoms with Gasteiger partial charge >= 0.3 is 6.61 Å². The fourth-order valence-electron chi connectivity index (χ4n) is 1.02. The van der Waals surface area contributed by atoms with Gasteiger partial charge in [-0.05, 0) is 0 Å². The van der Waals surface area contributed by atoms with Gasteiger partial charge in [-0.3, -0.25) is 0 Å². The third-order valence-corrected chi connectivity index (χ3v) is 1.65. The SMILES string of the molecule is COc1cc(OC(F)F)c(C(F)F)nc1N. The number of rotatable bonds is 4. The molecule has 90 valence electrons. The number of anilines is 1. The van der Waals surface area contributed by atoms with Crippen molar-refractivity contribution in [2.24, 2.45) is 0 Å². The van der Waals surface area contributed by atoms with E-state index in [4.69, 9.17) is 5.73 Å². The van der Waals surface area contributed by atoms with Gasteiger partial charge in [-0.1, -0.05) is 0 Å². The Bertz CT molecular complexity index is 373. The van der Waals surface area contributed by atoms with E-state index in [-0.39, 0.29) is 11.6 Å². The molecule has 8 heteroatoms. The number of pyridine rings is 1. The van der Waals surface area contributed by atoms with Crippen LogP contribution in [0.4, 0.5) is 23.4 Å². The van der Waals surface area contributed by atoms with Crippen molar-refractivity contribution in [3.05, 3.63) is 11.8 Å². The highest BCUT2D eigenvalue weighted by molar-refractivity contribution is 5.51. The molecule has 1 aromatic heterocycles. The molecule has 0 atom stereocenters. The lowest BCUT2D eigenvalue weighted by Crippen LogP contribution is -2.08. The van der Waals surface area contributed by atoms with Crippen LogP contribution < -0.4 is 15.2 Å². The van der Waals surface area contributed by atoms with Crippen LogP contribution in [0.2, 0.25) is 0 Å². The predicted molar refractivity (Wildman–Crippen MR) is 46.8 cm³/mol. The quantitative estimate of drug-likeness (QED) is 0.820. The van der Waals surface area contributed by atoms with Crippen LogP contribution in [-0.2, 0) is 0 Å². The van der Waals surface area contributed by atoms with Gasteiger partial charge in [0.05, 0.1) is 7.11 Å². The van der Waals surface area contributed by atoms with Gasteiger partial charge in [0.2, 0.25) is 0 Å². The molecule has 16 heavy (non-hydrogen) atoms. The van der Waals surface area contributed by atoms with Gasteiger partial charge in [0, 0.05) is 6.07 Å². The average molecular weight is 240 g/mol. The highest BCUT2D eigenvalue weighted by atomic mass is 19.3. The number of ether oxygens (including phenoxy) is 2. The van der Waals surface area contributed by atoms with Crippen molar-refractivity contribution in [1.29, 1.82) is 0 Å². The summed E-state index contributed by atoms with van der Waals surface area (Å²) >= 11 is 0. The van der Waals surface area contributed by atoms with E-state index in [9.17, 15) is 17.6 Å². The van der Waals surface area contributed by atoms with Crippen LogP contribution in [-0.4, -0.2) is 18.7 Å². The van der Waals surface area contributed by atoms with E-state index in [0.29, 0.717) is 0 Å². The number of hydrogen-bond donors (Lipinski definition) is 1. The molecule has 1 rings (SSSR count). The van der Waals surface area contributed by atoms with Gasteiger partial charge < -0.3 is 15.2 Å². The molecular weight excluding hydrogens is 232 g/mol. The molecule has 0 aromatic carbocycles. The summed E-state index contributed by atoms with van der Waals surface area (Å²) in [6.45, 7) is -3.23. The smallest absolute Gasteiger partial charge is 0.387 e. The first-order valence-corrected chi connectivity index (χ1v) is 4.03. The molecule has 2 N–H and O–H groups in total. The molecule has 0 unspecified atom stereocenters. The summed E-state index contributed by atoms with van der Waals surface area (Å²) in [5.74, 6) is -1.18. The zero-order valence-electron chi connectivity index (χ0n) is 8.08. The molecule has 0 aliphatic rings. The average Bonchev–Trinajstić information content (AvgIpc) is 2.19. The molecule has 0 fully saturated rings. The molecule has 0 saturated heterocycles. The van der Waals surface area contributed by atoms with Crippen LogP contribution in [0.25, 0.3) is 0 Å². The number of nitrogen functional groups attached to an aromatic ring is 1. The zero-order valence-corrected chi connectivity index (χ0v) is 8.08. The summed E-state index contributed by atoms with van der Waals surface area (Å²) in [5.41, 5.74) is 4.31. The Balaban J connectivity index is 3.19. The lowest BCUT2D eigenvalue weighted by molar-refractivity contribution is -0.0525. The molecule has 1 aromatic rings. The van der Waals surface area contributed by atoms with Gasteiger partial charge in [-0.2, -0.15) is 8.78 Å². The molecule has 1 heterocycles. The van der Waals surface area contributed by atoms with Crippen LogP contribution in [0.5, 0.6) is 11.5 Å². The number of nitrogens with zero attached hydrogens (tertiary/aromatic N) is 1. The maximum Gasteiger partial charge on any atom is 0.387 e. The van der Waals surface area contributed by atoms with E-state index in [1.54, 1.807) is 0 Å². The Kier molecular flexibility index (Phi) is 3.75. The monoisotopic (exact) mass is 240 g/mol. The van der Waals surface area contributed by atoms with Gasteiger partial charge in [-0.15, -0.1) is 0 Å². The minimum absolute atomic E-state index is 0.111. The highest BCUT2D eigenvalue weighted by Gasteiger charge is 2.21. The number of hydrogen-bond acceptors (Lipinski definition) is 4. The summed E-state index contributed by atoms with van der Waals surface area (Å²) in [5, 5.41) is 0. The van der Waals surface area contributed by atoms with Crippen molar-refractivity contribution < 1.29 is 27.0 Å². The topological polar surface area (TPSA) is 57.4 Å². The largest absolute Gasteiger partial charge is 0.493 e. The van der Waals surface area contributed by atoms with Gasteiger partial charge in [0.15, 0.2) is 23.0 Å². The zero-order chi connectivity index (χ0) is 12.3. The Morgan fingerprint density at radius 1 is 1.25 bits per heavy atom. The van der Waals surface area contributed by atoms with Crippen molar-refractivity contribution in [3.63, 3.8) is 0 Å². The van der Waals surface area contributed by atoms with E-state index in [2.05, 4.69) is 14.5 Å². The Labute approximate surface area is 88.0 Å². The molecule has 0 saturated carbocycles. The van der Waals surface area contributed by atoms with Crippen molar-refractivity contribution >= 4 is 5.82 Å². The molecule has 4 nitrogen and oxygen atoms in total. The Morgan fingerprint density at radius 3 is 2.31 bits per heavy atom. The van der Waals surface area contributed by atoms with E-state index in [0.717, 1.165) is 6.07 Å². The Hall–Kier alpha value is -1.73. The second kappa shape index (κ2) is 4.86. The molecule has 0 bridgehead atoms. The highest BCUT2D eigenvalue weighted by Crippen LogP contribution is 2.34. The van der Waals surface area contributed by atoms with Crippen LogP contribution in [0, 0.1) is 0 Å². The predicted octanol–water partition coefficient (Wildman–Crippen LogP) is 2.21. The van der Waals surface area contributed by atoms with Crippen molar-refractivity contribution in [2.75, 3.05) is 12.8 Å². The van der Waals surface area contributed by atoms with E-state index in [1.807, 2.05) is 0 Å². The van der Waals surface area contributed by atoms with Crippen LogP contribution >= 0.6 is 0 Å². The summed E-state index contributed by atoms with van der Waals surface area (Å²) in [4.78, 5) is 3.24. The second-order valence-electron chi connectivity index (χ2n) is 2.64. The molecule has 0 amide bonds. The molecule has 0 aliphatic carbocycles. The first-order valence-electron chi connectivity index (χ1n) is 4.03. The summed E-state index contributed by atoms with van der Waals surface area (Å²) in [7, 11) is 1.20. The van der Waals surface area contributed by atoms with Gasteiger partial charge in [0.25, 0.3) is 6.43 Å². The summed E-state index contributed by atoms with van der Waals surface area (Å²) in [6.07, 6.45) is -3.07.